The minimum absolute atomic E-state index is 0.319. The average molecular weight is 237 g/mol. The quantitative estimate of drug-likeness (QED) is 0.746. The van der Waals surface area contributed by atoms with Gasteiger partial charge in [0, 0.05) is 17.8 Å². The first-order chi connectivity index (χ1) is 7.81. The van der Waals surface area contributed by atoms with Gasteiger partial charge in [0.15, 0.2) is 5.13 Å². The number of aliphatic imine (C=N–C) groups is 1. The van der Waals surface area contributed by atoms with Gasteiger partial charge in [0.25, 0.3) is 0 Å². The van der Waals surface area contributed by atoms with Crippen LogP contribution in [0.5, 0.6) is 0 Å². The largest absolute Gasteiger partial charge is 0.463 e. The van der Waals surface area contributed by atoms with Gasteiger partial charge in [0.2, 0.25) is 0 Å². The fourth-order valence-electron chi connectivity index (χ4n) is 1.26. The van der Waals surface area contributed by atoms with Crippen molar-refractivity contribution in [1.82, 2.24) is 4.98 Å². The summed E-state index contributed by atoms with van der Waals surface area (Å²) in [6.45, 7) is 2.51. The standard InChI is InChI=1S/C10H11N3O2S/c1-2-15-9(14)8-5-11-7-13(6-8)10-12-3-4-16-10/h3-4,6-7H,2,5H2,1H3. The van der Waals surface area contributed by atoms with E-state index in [2.05, 4.69) is 9.98 Å². The fourth-order valence-corrected chi connectivity index (χ4v) is 1.84. The zero-order valence-corrected chi connectivity index (χ0v) is 9.61. The van der Waals surface area contributed by atoms with Crippen molar-refractivity contribution in [3.05, 3.63) is 23.3 Å². The average Bonchev–Trinajstić information content (AvgIpc) is 2.83. The molecule has 0 saturated heterocycles. The van der Waals surface area contributed by atoms with Gasteiger partial charge < -0.3 is 4.74 Å². The highest BCUT2D eigenvalue weighted by Crippen LogP contribution is 2.19. The van der Waals surface area contributed by atoms with E-state index in [-0.39, 0.29) is 5.97 Å². The highest BCUT2D eigenvalue weighted by Gasteiger charge is 2.16. The van der Waals surface area contributed by atoms with Crippen LogP contribution in [0.25, 0.3) is 0 Å². The Morgan fingerprint density at radius 1 is 1.69 bits per heavy atom. The topological polar surface area (TPSA) is 54.8 Å². The first-order valence-electron chi connectivity index (χ1n) is 4.87. The molecular weight excluding hydrogens is 226 g/mol. The summed E-state index contributed by atoms with van der Waals surface area (Å²) in [6, 6.07) is 0. The third kappa shape index (κ3) is 2.27. The lowest BCUT2D eigenvalue weighted by Gasteiger charge is -2.16. The van der Waals surface area contributed by atoms with E-state index in [0.29, 0.717) is 18.7 Å². The van der Waals surface area contributed by atoms with Crippen LogP contribution >= 0.6 is 11.3 Å². The molecule has 0 bridgehead atoms. The van der Waals surface area contributed by atoms with Crippen LogP contribution in [0.1, 0.15) is 6.92 Å². The van der Waals surface area contributed by atoms with E-state index in [1.165, 1.54) is 11.3 Å². The normalized spacial score (nSPS) is 14.8. The van der Waals surface area contributed by atoms with Crippen LogP contribution in [0.15, 0.2) is 28.3 Å². The molecule has 16 heavy (non-hydrogen) atoms. The molecule has 1 aromatic heterocycles. The van der Waals surface area contributed by atoms with Crippen molar-refractivity contribution in [2.75, 3.05) is 18.1 Å². The van der Waals surface area contributed by atoms with E-state index in [0.717, 1.165) is 5.13 Å². The predicted octanol–water partition coefficient (Wildman–Crippen LogP) is 1.44. The van der Waals surface area contributed by atoms with Gasteiger partial charge in [-0.25, -0.2) is 9.78 Å². The Kier molecular flexibility index (Phi) is 3.31. The lowest BCUT2D eigenvalue weighted by Crippen LogP contribution is -2.23. The lowest BCUT2D eigenvalue weighted by atomic mass is 10.3. The Bertz CT molecular complexity index is 425. The highest BCUT2D eigenvalue weighted by molar-refractivity contribution is 7.13. The zero-order chi connectivity index (χ0) is 11.4. The van der Waals surface area contributed by atoms with E-state index in [4.69, 9.17) is 4.74 Å². The highest BCUT2D eigenvalue weighted by atomic mass is 32.1. The molecule has 0 aromatic carbocycles. The van der Waals surface area contributed by atoms with Gasteiger partial charge in [0.05, 0.1) is 25.1 Å². The van der Waals surface area contributed by atoms with Gasteiger partial charge in [-0.1, -0.05) is 0 Å². The molecule has 0 unspecified atom stereocenters. The summed E-state index contributed by atoms with van der Waals surface area (Å²) in [6.07, 6.45) is 5.08. The Morgan fingerprint density at radius 2 is 2.56 bits per heavy atom. The summed E-state index contributed by atoms with van der Waals surface area (Å²) in [5.74, 6) is -0.319. The van der Waals surface area contributed by atoms with E-state index < -0.39 is 0 Å². The van der Waals surface area contributed by atoms with Crippen molar-refractivity contribution < 1.29 is 9.53 Å². The van der Waals surface area contributed by atoms with E-state index in [1.54, 1.807) is 30.6 Å². The molecule has 6 heteroatoms. The number of hydrogen-bond donors (Lipinski definition) is 0. The fraction of sp³-hybridized carbons (Fsp3) is 0.300. The van der Waals surface area contributed by atoms with Crippen molar-refractivity contribution in [2.45, 2.75) is 6.92 Å². The molecule has 0 radical (unpaired) electrons. The van der Waals surface area contributed by atoms with E-state index in [9.17, 15) is 4.79 Å². The number of carbonyl (C=O) groups excluding carboxylic acids is 1. The van der Waals surface area contributed by atoms with Crippen molar-refractivity contribution in [3.8, 4) is 0 Å². The van der Waals surface area contributed by atoms with Gasteiger partial charge in [-0.2, -0.15) is 0 Å². The number of nitrogens with zero attached hydrogens (tertiary/aromatic N) is 3. The molecule has 84 valence electrons. The second-order valence-corrected chi connectivity index (χ2v) is 3.93. The van der Waals surface area contributed by atoms with Crippen molar-refractivity contribution in [2.24, 2.45) is 4.99 Å². The number of ether oxygens (including phenoxy) is 1. The molecule has 0 amide bonds. The maximum Gasteiger partial charge on any atom is 0.337 e. The number of rotatable bonds is 3. The van der Waals surface area contributed by atoms with Crippen LogP contribution < -0.4 is 4.90 Å². The number of esters is 1. The second kappa shape index (κ2) is 4.89. The number of carbonyl (C=O) groups is 1. The molecule has 0 saturated carbocycles. The van der Waals surface area contributed by atoms with Gasteiger partial charge in [-0.15, -0.1) is 11.3 Å². The molecule has 1 aliphatic heterocycles. The minimum Gasteiger partial charge on any atom is -0.463 e. The monoisotopic (exact) mass is 237 g/mol. The summed E-state index contributed by atoms with van der Waals surface area (Å²) in [5.41, 5.74) is 0.541. The van der Waals surface area contributed by atoms with Gasteiger partial charge >= 0.3 is 5.97 Å². The third-order valence-electron chi connectivity index (χ3n) is 1.94. The SMILES string of the molecule is CCOC(=O)C1=CN(c2nccs2)C=NC1. The predicted molar refractivity (Wildman–Crippen MR) is 62.7 cm³/mol. The van der Waals surface area contributed by atoms with E-state index in [1.807, 2.05) is 5.38 Å². The van der Waals surface area contributed by atoms with Gasteiger partial charge in [-0.3, -0.25) is 9.89 Å². The number of anilines is 1. The molecule has 0 aliphatic carbocycles. The van der Waals surface area contributed by atoms with Crippen molar-refractivity contribution in [1.29, 1.82) is 0 Å². The molecule has 2 rings (SSSR count). The van der Waals surface area contributed by atoms with Crippen LogP contribution in [-0.4, -0.2) is 30.4 Å². The molecule has 1 aromatic rings. The zero-order valence-electron chi connectivity index (χ0n) is 8.79. The summed E-state index contributed by atoms with van der Waals surface area (Å²) in [4.78, 5) is 21.5. The van der Waals surface area contributed by atoms with Crippen molar-refractivity contribution in [3.63, 3.8) is 0 Å². The smallest absolute Gasteiger partial charge is 0.337 e. The van der Waals surface area contributed by atoms with Crippen LogP contribution in [0.4, 0.5) is 5.13 Å². The molecular formula is C10H11N3O2S. The molecule has 0 N–H and O–H groups in total. The number of hydrogen-bond acceptors (Lipinski definition) is 6. The molecule has 0 fully saturated rings. The molecule has 1 aliphatic rings. The van der Waals surface area contributed by atoms with E-state index >= 15 is 0 Å². The summed E-state index contributed by atoms with van der Waals surface area (Å²) in [7, 11) is 0. The summed E-state index contributed by atoms with van der Waals surface area (Å²) < 4.78 is 4.92. The molecule has 2 heterocycles. The number of thiazole rings is 1. The Balaban J connectivity index is 2.14. The molecule has 0 atom stereocenters. The maximum atomic E-state index is 11.5. The molecule has 0 spiro atoms. The van der Waals surface area contributed by atoms with Crippen LogP contribution in [0.2, 0.25) is 0 Å². The second-order valence-electron chi connectivity index (χ2n) is 3.05. The van der Waals surface area contributed by atoms with Crippen LogP contribution in [-0.2, 0) is 9.53 Å². The maximum absolute atomic E-state index is 11.5. The Morgan fingerprint density at radius 3 is 3.25 bits per heavy atom. The first kappa shape index (κ1) is 10.8. The lowest BCUT2D eigenvalue weighted by molar-refractivity contribution is -0.138. The Hall–Kier alpha value is -1.69. The minimum atomic E-state index is -0.319. The summed E-state index contributed by atoms with van der Waals surface area (Å²) in [5, 5.41) is 2.65. The van der Waals surface area contributed by atoms with Gasteiger partial charge in [0.1, 0.15) is 0 Å². The van der Waals surface area contributed by atoms with Crippen molar-refractivity contribution >= 4 is 28.8 Å². The number of aromatic nitrogens is 1. The van der Waals surface area contributed by atoms with Gasteiger partial charge in [-0.05, 0) is 6.92 Å². The third-order valence-corrected chi connectivity index (χ3v) is 2.73. The van der Waals surface area contributed by atoms with Crippen LogP contribution in [0, 0.1) is 0 Å². The Labute approximate surface area is 97.1 Å². The molecule has 5 nitrogen and oxygen atoms in total. The van der Waals surface area contributed by atoms with Crippen LogP contribution in [0.3, 0.4) is 0 Å². The summed E-state index contributed by atoms with van der Waals surface area (Å²) >= 11 is 1.48. The first-order valence-corrected chi connectivity index (χ1v) is 5.75.